The summed E-state index contributed by atoms with van der Waals surface area (Å²) in [5.74, 6) is -1.28. The normalized spacial score (nSPS) is 10.4. The number of nitrogens with zero attached hydrogens (tertiary/aromatic N) is 1. The molecule has 0 fully saturated rings. The summed E-state index contributed by atoms with van der Waals surface area (Å²) in [6.07, 6.45) is 1.40. The van der Waals surface area contributed by atoms with Gasteiger partial charge in [0.1, 0.15) is 0 Å². The van der Waals surface area contributed by atoms with Crippen LogP contribution < -0.4 is 5.32 Å². The van der Waals surface area contributed by atoms with E-state index in [2.05, 4.69) is 5.32 Å². The molecule has 3 aromatic rings. The Morgan fingerprint density at radius 3 is 2.42 bits per heavy atom. The van der Waals surface area contributed by atoms with Gasteiger partial charge in [-0.3, -0.25) is 14.9 Å². The number of nitrogens with one attached hydrogen (secondary N) is 1. The Labute approximate surface area is 183 Å². The van der Waals surface area contributed by atoms with Crippen LogP contribution in [0.5, 0.6) is 0 Å². The van der Waals surface area contributed by atoms with Gasteiger partial charge < -0.3 is 10.1 Å². The van der Waals surface area contributed by atoms with Crippen LogP contribution in [0.25, 0.3) is 0 Å². The Morgan fingerprint density at radius 2 is 1.68 bits per heavy atom. The van der Waals surface area contributed by atoms with Crippen molar-refractivity contribution in [3.05, 3.63) is 105 Å². The van der Waals surface area contributed by atoms with Crippen LogP contribution in [-0.4, -0.2) is 23.4 Å². The molecule has 0 aliphatic heterocycles. The maximum Gasteiger partial charge on any atom is 0.338 e. The van der Waals surface area contributed by atoms with Gasteiger partial charge in [0.15, 0.2) is 6.61 Å². The molecule has 3 aromatic carbocycles. The Morgan fingerprint density at radius 1 is 0.968 bits per heavy atom. The smallest absolute Gasteiger partial charge is 0.338 e. The second kappa shape index (κ2) is 10.4. The summed E-state index contributed by atoms with van der Waals surface area (Å²) in [5.41, 5.74) is 2.21. The Balaban J connectivity index is 1.60. The van der Waals surface area contributed by atoms with E-state index in [1.165, 1.54) is 12.1 Å². The number of hydrogen-bond donors (Lipinski definition) is 1. The number of esters is 1. The third kappa shape index (κ3) is 6.13. The predicted molar refractivity (Wildman–Crippen MR) is 117 cm³/mol. The number of hydrogen-bond acceptors (Lipinski definition) is 5. The van der Waals surface area contributed by atoms with Crippen LogP contribution in [0.1, 0.15) is 21.5 Å². The third-order valence-corrected chi connectivity index (χ3v) is 4.86. The van der Waals surface area contributed by atoms with Gasteiger partial charge in [0.2, 0.25) is 0 Å². The molecule has 3 rings (SSSR count). The van der Waals surface area contributed by atoms with E-state index >= 15 is 0 Å². The molecule has 158 valence electrons. The van der Waals surface area contributed by atoms with Crippen molar-refractivity contribution in [3.8, 4) is 0 Å². The van der Waals surface area contributed by atoms with E-state index in [1.54, 1.807) is 12.1 Å². The summed E-state index contributed by atoms with van der Waals surface area (Å²) >= 11 is 5.96. The predicted octanol–water partition coefficient (Wildman–Crippen LogP) is 4.83. The lowest BCUT2D eigenvalue weighted by atomic mass is 10.00. The molecule has 0 unspecified atom stereocenters. The van der Waals surface area contributed by atoms with E-state index in [1.807, 2.05) is 42.5 Å². The molecule has 31 heavy (non-hydrogen) atoms. The summed E-state index contributed by atoms with van der Waals surface area (Å²) in [6, 6.07) is 20.6. The molecule has 0 aromatic heterocycles. The van der Waals surface area contributed by atoms with Crippen molar-refractivity contribution in [3.63, 3.8) is 0 Å². The van der Waals surface area contributed by atoms with E-state index < -0.39 is 23.4 Å². The number of amides is 1. The molecule has 0 heterocycles. The van der Waals surface area contributed by atoms with Gasteiger partial charge in [0, 0.05) is 12.1 Å². The molecular weight excluding hydrogens is 420 g/mol. The number of carbonyl (C=O) groups is 2. The lowest BCUT2D eigenvalue weighted by Crippen LogP contribution is -2.21. The molecule has 0 saturated heterocycles. The lowest BCUT2D eigenvalue weighted by Gasteiger charge is -2.11. The molecule has 0 bridgehead atoms. The van der Waals surface area contributed by atoms with Crippen LogP contribution in [-0.2, 0) is 22.4 Å². The largest absolute Gasteiger partial charge is 0.452 e. The molecule has 7 nitrogen and oxygen atoms in total. The van der Waals surface area contributed by atoms with Crippen molar-refractivity contribution in [1.82, 2.24) is 0 Å². The zero-order valence-electron chi connectivity index (χ0n) is 16.4. The maximum atomic E-state index is 12.5. The summed E-state index contributed by atoms with van der Waals surface area (Å²) in [6.45, 7) is -0.551. The molecule has 0 aliphatic carbocycles. The molecule has 0 atom stereocenters. The summed E-state index contributed by atoms with van der Waals surface area (Å²) in [7, 11) is 0. The molecule has 0 radical (unpaired) electrons. The fourth-order valence-electron chi connectivity index (χ4n) is 2.98. The molecule has 0 aliphatic rings. The van der Waals surface area contributed by atoms with Gasteiger partial charge >= 0.3 is 5.97 Å². The van der Waals surface area contributed by atoms with E-state index in [4.69, 9.17) is 16.3 Å². The quantitative estimate of drug-likeness (QED) is 0.308. The fraction of sp³-hybridized carbons (Fsp3) is 0.130. The van der Waals surface area contributed by atoms with Crippen LogP contribution >= 0.6 is 11.6 Å². The first-order chi connectivity index (χ1) is 14.9. The number of benzene rings is 3. The lowest BCUT2D eigenvalue weighted by molar-refractivity contribution is -0.384. The first kappa shape index (κ1) is 22.0. The minimum absolute atomic E-state index is 0.0696. The third-order valence-electron chi connectivity index (χ3n) is 4.53. The number of nitro benzene ring substituents is 1. The number of ether oxygens (including phenoxy) is 1. The Bertz CT molecular complexity index is 1100. The zero-order valence-corrected chi connectivity index (χ0v) is 17.2. The number of aryl methyl sites for hydroxylation is 2. The minimum Gasteiger partial charge on any atom is -0.452 e. The van der Waals surface area contributed by atoms with Crippen molar-refractivity contribution in [1.29, 1.82) is 0 Å². The number of halogens is 1. The van der Waals surface area contributed by atoms with Crippen molar-refractivity contribution >= 4 is 34.9 Å². The number of non-ortho nitro benzene ring substituents is 1. The van der Waals surface area contributed by atoms with Crippen LogP contribution in [0, 0.1) is 10.1 Å². The van der Waals surface area contributed by atoms with Crippen molar-refractivity contribution in [2.75, 3.05) is 11.9 Å². The van der Waals surface area contributed by atoms with E-state index in [0.717, 1.165) is 23.6 Å². The maximum absolute atomic E-state index is 12.5. The van der Waals surface area contributed by atoms with Crippen molar-refractivity contribution in [2.45, 2.75) is 12.8 Å². The molecule has 1 amide bonds. The molecule has 8 heteroatoms. The van der Waals surface area contributed by atoms with E-state index in [9.17, 15) is 19.7 Å². The van der Waals surface area contributed by atoms with Gasteiger partial charge in [0.25, 0.3) is 11.6 Å². The fourth-order valence-corrected chi connectivity index (χ4v) is 3.14. The first-order valence-corrected chi connectivity index (χ1v) is 9.84. The van der Waals surface area contributed by atoms with Gasteiger partial charge in [-0.2, -0.15) is 0 Å². The molecule has 1 N–H and O–H groups in total. The zero-order chi connectivity index (χ0) is 22.2. The number of nitro groups is 1. The van der Waals surface area contributed by atoms with Crippen LogP contribution in [0.15, 0.2) is 72.8 Å². The highest BCUT2D eigenvalue weighted by Gasteiger charge is 2.16. The highest BCUT2D eigenvalue weighted by atomic mass is 35.5. The molecule has 0 saturated carbocycles. The highest BCUT2D eigenvalue weighted by molar-refractivity contribution is 6.33. The van der Waals surface area contributed by atoms with Gasteiger partial charge in [-0.25, -0.2) is 4.79 Å². The number of anilines is 1. The van der Waals surface area contributed by atoms with Gasteiger partial charge in [-0.05, 0) is 36.1 Å². The minimum atomic E-state index is -0.655. The van der Waals surface area contributed by atoms with Gasteiger partial charge in [-0.1, -0.05) is 60.1 Å². The SMILES string of the molecule is O=C(COC(=O)c1ccccc1CCc1ccccc1)Nc1cc([N+](=O)[O-])ccc1Cl. The van der Waals surface area contributed by atoms with Gasteiger partial charge in [0.05, 0.1) is 21.2 Å². The van der Waals surface area contributed by atoms with E-state index in [-0.39, 0.29) is 16.4 Å². The number of rotatable bonds is 8. The van der Waals surface area contributed by atoms with Crippen LogP contribution in [0.3, 0.4) is 0 Å². The van der Waals surface area contributed by atoms with Crippen LogP contribution in [0.4, 0.5) is 11.4 Å². The number of carbonyl (C=O) groups excluding carboxylic acids is 2. The van der Waals surface area contributed by atoms with Crippen molar-refractivity contribution in [2.24, 2.45) is 0 Å². The second-order valence-electron chi connectivity index (χ2n) is 6.69. The average molecular weight is 439 g/mol. The summed E-state index contributed by atoms with van der Waals surface area (Å²) in [5, 5.41) is 13.4. The molecule has 0 spiro atoms. The monoisotopic (exact) mass is 438 g/mol. The van der Waals surface area contributed by atoms with Crippen LogP contribution in [0.2, 0.25) is 5.02 Å². The topological polar surface area (TPSA) is 98.5 Å². The summed E-state index contributed by atoms with van der Waals surface area (Å²) in [4.78, 5) is 35.0. The Hall–Kier alpha value is -3.71. The van der Waals surface area contributed by atoms with Gasteiger partial charge in [-0.15, -0.1) is 0 Å². The van der Waals surface area contributed by atoms with Crippen molar-refractivity contribution < 1.29 is 19.2 Å². The summed E-state index contributed by atoms with van der Waals surface area (Å²) < 4.78 is 5.14. The second-order valence-corrected chi connectivity index (χ2v) is 7.10. The standard InChI is InChI=1S/C23H19ClN2O5/c24-20-13-12-18(26(29)30)14-21(20)25-22(27)15-31-23(28)19-9-5-4-8-17(19)11-10-16-6-2-1-3-7-16/h1-9,12-14H,10-11,15H2,(H,25,27). The Kier molecular flexibility index (Phi) is 7.35. The molecular formula is C23H19ClN2O5. The first-order valence-electron chi connectivity index (χ1n) is 9.47. The van der Waals surface area contributed by atoms with E-state index in [0.29, 0.717) is 12.0 Å². The average Bonchev–Trinajstić information content (AvgIpc) is 2.78. The highest BCUT2D eigenvalue weighted by Crippen LogP contribution is 2.26.